The highest BCUT2D eigenvalue weighted by Crippen LogP contribution is 2.20. The summed E-state index contributed by atoms with van der Waals surface area (Å²) in [7, 11) is -3.73. The Bertz CT molecular complexity index is 506. The summed E-state index contributed by atoms with van der Waals surface area (Å²) in [6.07, 6.45) is 2.74. The molecule has 0 saturated carbocycles. The minimum atomic E-state index is -3.73. The van der Waals surface area contributed by atoms with Gasteiger partial charge in [0, 0.05) is 18.6 Å². The third kappa shape index (κ3) is 4.51. The fourth-order valence-corrected chi connectivity index (χ4v) is 2.98. The Morgan fingerprint density at radius 3 is 2.67 bits per heavy atom. The zero-order chi connectivity index (χ0) is 13.8. The fourth-order valence-electron chi connectivity index (χ4n) is 1.26. The zero-order valence-electron chi connectivity index (χ0n) is 10.3. The second-order valence-electron chi connectivity index (χ2n) is 4.77. The summed E-state index contributed by atoms with van der Waals surface area (Å²) in [6.45, 7) is 4.04. The van der Waals surface area contributed by atoms with E-state index in [0.29, 0.717) is 12.3 Å². The summed E-state index contributed by atoms with van der Waals surface area (Å²) in [5, 5.41) is 0. The third-order valence-corrected chi connectivity index (χ3v) is 4.06. The van der Waals surface area contributed by atoms with Crippen molar-refractivity contribution in [3.05, 3.63) is 24.3 Å². The van der Waals surface area contributed by atoms with Crippen LogP contribution in [0.1, 0.15) is 20.3 Å². The highest BCUT2D eigenvalue weighted by Gasteiger charge is 2.22. The Kier molecular flexibility index (Phi) is 5.07. The summed E-state index contributed by atoms with van der Waals surface area (Å²) in [6, 6.07) is 0.934. The molecule has 1 rings (SSSR count). The Balaban J connectivity index is 2.78. The number of rotatable bonds is 6. The van der Waals surface area contributed by atoms with E-state index < -0.39 is 15.8 Å². The van der Waals surface area contributed by atoms with E-state index in [1.807, 2.05) is 13.8 Å². The molecule has 0 radical (unpaired) electrons. The van der Waals surface area contributed by atoms with Gasteiger partial charge in [0.1, 0.15) is 10.7 Å². The van der Waals surface area contributed by atoms with Gasteiger partial charge < -0.3 is 0 Å². The molecule has 18 heavy (non-hydrogen) atoms. The van der Waals surface area contributed by atoms with Crippen LogP contribution >= 0.6 is 11.6 Å². The summed E-state index contributed by atoms with van der Waals surface area (Å²) < 4.78 is 39.1. The molecule has 0 unspecified atom stereocenters. The van der Waals surface area contributed by atoms with Crippen molar-refractivity contribution < 1.29 is 12.8 Å². The highest BCUT2D eigenvalue weighted by atomic mass is 35.5. The quantitative estimate of drug-likeness (QED) is 0.818. The van der Waals surface area contributed by atoms with Gasteiger partial charge in [0.05, 0.1) is 6.20 Å². The average Bonchev–Trinajstić information content (AvgIpc) is 2.27. The smallest absolute Gasteiger partial charge is 0.242 e. The molecule has 1 aromatic rings. The molecule has 0 aromatic carbocycles. The summed E-state index contributed by atoms with van der Waals surface area (Å²) in [5.74, 6) is -0.228. The van der Waals surface area contributed by atoms with Crippen LogP contribution in [0.5, 0.6) is 0 Å². The first-order chi connectivity index (χ1) is 8.27. The summed E-state index contributed by atoms with van der Waals surface area (Å²) >= 11 is 5.64. The molecule has 0 aliphatic heterocycles. The van der Waals surface area contributed by atoms with Gasteiger partial charge in [-0.05, 0) is 17.9 Å². The lowest BCUT2D eigenvalue weighted by atomic mass is 9.91. The van der Waals surface area contributed by atoms with Crippen LogP contribution in [0.15, 0.2) is 23.4 Å². The van der Waals surface area contributed by atoms with Crippen LogP contribution in [-0.2, 0) is 10.0 Å². The van der Waals surface area contributed by atoms with Crippen LogP contribution < -0.4 is 4.72 Å². The number of hydrogen-bond donors (Lipinski definition) is 1. The maximum atomic E-state index is 12.9. The topological polar surface area (TPSA) is 59.1 Å². The Hall–Kier alpha value is -0.720. The van der Waals surface area contributed by atoms with Gasteiger partial charge in [-0.15, -0.1) is 11.6 Å². The lowest BCUT2D eigenvalue weighted by Crippen LogP contribution is -2.34. The SMILES string of the molecule is CC(C)(CCCl)CNS(=O)(=O)c1cncc(F)c1. The van der Waals surface area contributed by atoms with Crippen LogP contribution in [0, 0.1) is 11.2 Å². The van der Waals surface area contributed by atoms with Gasteiger partial charge in [-0.3, -0.25) is 4.98 Å². The normalized spacial score (nSPS) is 12.7. The molecule has 0 aliphatic carbocycles. The molecule has 0 atom stereocenters. The lowest BCUT2D eigenvalue weighted by Gasteiger charge is -2.23. The number of pyridine rings is 1. The van der Waals surface area contributed by atoms with E-state index in [1.54, 1.807) is 0 Å². The maximum Gasteiger partial charge on any atom is 0.242 e. The number of aromatic nitrogens is 1. The number of nitrogens with one attached hydrogen (secondary N) is 1. The van der Waals surface area contributed by atoms with E-state index in [4.69, 9.17) is 11.6 Å². The first kappa shape index (κ1) is 15.3. The molecule has 1 N–H and O–H groups in total. The van der Waals surface area contributed by atoms with Gasteiger partial charge >= 0.3 is 0 Å². The van der Waals surface area contributed by atoms with Crippen molar-refractivity contribution in [3.63, 3.8) is 0 Å². The molecule has 0 aliphatic rings. The molecule has 0 spiro atoms. The molecule has 1 aromatic heterocycles. The maximum absolute atomic E-state index is 12.9. The number of nitrogens with zero attached hydrogens (tertiary/aromatic N) is 1. The lowest BCUT2D eigenvalue weighted by molar-refractivity contribution is 0.352. The van der Waals surface area contributed by atoms with Crippen LogP contribution in [0.25, 0.3) is 0 Å². The minimum absolute atomic E-state index is 0.177. The van der Waals surface area contributed by atoms with Gasteiger partial charge in [0.25, 0.3) is 0 Å². The summed E-state index contributed by atoms with van der Waals surface area (Å²) in [4.78, 5) is 3.34. The molecular formula is C11H16ClFN2O2S. The Labute approximate surface area is 112 Å². The molecule has 4 nitrogen and oxygen atoms in total. The number of alkyl halides is 1. The van der Waals surface area contributed by atoms with Crippen molar-refractivity contribution in [1.29, 1.82) is 0 Å². The second kappa shape index (κ2) is 5.95. The van der Waals surface area contributed by atoms with E-state index in [-0.39, 0.29) is 16.9 Å². The van der Waals surface area contributed by atoms with E-state index >= 15 is 0 Å². The predicted molar refractivity (Wildman–Crippen MR) is 68.5 cm³/mol. The third-order valence-electron chi connectivity index (χ3n) is 2.50. The van der Waals surface area contributed by atoms with E-state index in [9.17, 15) is 12.8 Å². The van der Waals surface area contributed by atoms with Crippen molar-refractivity contribution in [2.24, 2.45) is 5.41 Å². The van der Waals surface area contributed by atoms with Crippen molar-refractivity contribution in [3.8, 4) is 0 Å². The van der Waals surface area contributed by atoms with Gasteiger partial charge in [0.2, 0.25) is 10.0 Å². The molecular weight excluding hydrogens is 279 g/mol. The van der Waals surface area contributed by atoms with E-state index in [2.05, 4.69) is 9.71 Å². The molecule has 1 heterocycles. The van der Waals surface area contributed by atoms with Gasteiger partial charge in [0.15, 0.2) is 0 Å². The number of halogens is 2. The van der Waals surface area contributed by atoms with E-state index in [0.717, 1.165) is 18.5 Å². The van der Waals surface area contributed by atoms with Crippen molar-refractivity contribution >= 4 is 21.6 Å². The van der Waals surface area contributed by atoms with Crippen molar-refractivity contribution in [2.45, 2.75) is 25.2 Å². The first-order valence-corrected chi connectivity index (χ1v) is 7.45. The van der Waals surface area contributed by atoms with Crippen molar-refractivity contribution in [2.75, 3.05) is 12.4 Å². The fraction of sp³-hybridized carbons (Fsp3) is 0.545. The zero-order valence-corrected chi connectivity index (χ0v) is 11.9. The van der Waals surface area contributed by atoms with Gasteiger partial charge in [-0.1, -0.05) is 13.8 Å². The summed E-state index contributed by atoms with van der Waals surface area (Å²) in [5.41, 5.74) is -0.254. The largest absolute Gasteiger partial charge is 0.260 e. The molecule has 0 fully saturated rings. The van der Waals surface area contributed by atoms with Crippen LogP contribution in [-0.4, -0.2) is 25.8 Å². The van der Waals surface area contributed by atoms with Crippen LogP contribution in [0.2, 0.25) is 0 Å². The highest BCUT2D eigenvalue weighted by molar-refractivity contribution is 7.89. The Morgan fingerprint density at radius 1 is 1.44 bits per heavy atom. The number of sulfonamides is 1. The molecule has 0 amide bonds. The average molecular weight is 295 g/mol. The minimum Gasteiger partial charge on any atom is -0.260 e. The van der Waals surface area contributed by atoms with Crippen LogP contribution in [0.3, 0.4) is 0 Å². The number of hydrogen-bond acceptors (Lipinski definition) is 3. The second-order valence-corrected chi connectivity index (χ2v) is 6.91. The molecule has 7 heteroatoms. The van der Waals surface area contributed by atoms with Crippen molar-refractivity contribution in [1.82, 2.24) is 9.71 Å². The van der Waals surface area contributed by atoms with Gasteiger partial charge in [-0.25, -0.2) is 17.5 Å². The molecule has 0 saturated heterocycles. The standard InChI is InChI=1S/C11H16ClFN2O2S/c1-11(2,3-4-12)8-15-18(16,17)10-5-9(13)6-14-7-10/h5-7,15H,3-4,8H2,1-2H3. The first-order valence-electron chi connectivity index (χ1n) is 5.43. The van der Waals surface area contributed by atoms with Gasteiger partial charge in [-0.2, -0.15) is 0 Å². The molecule has 102 valence electrons. The van der Waals surface area contributed by atoms with Crippen LogP contribution in [0.4, 0.5) is 4.39 Å². The monoisotopic (exact) mass is 294 g/mol. The van der Waals surface area contributed by atoms with E-state index in [1.165, 1.54) is 0 Å². The molecule has 0 bridgehead atoms. The Morgan fingerprint density at radius 2 is 2.11 bits per heavy atom. The predicted octanol–water partition coefficient (Wildman–Crippen LogP) is 2.15.